The molecular formula is C15H15BrFN. The fourth-order valence-corrected chi connectivity index (χ4v) is 2.38. The van der Waals surface area contributed by atoms with Crippen LogP contribution in [0.3, 0.4) is 0 Å². The van der Waals surface area contributed by atoms with Gasteiger partial charge in [0.25, 0.3) is 0 Å². The molecule has 94 valence electrons. The van der Waals surface area contributed by atoms with Crippen LogP contribution < -0.4 is 5.32 Å². The van der Waals surface area contributed by atoms with E-state index in [1.165, 1.54) is 11.6 Å². The second-order valence-corrected chi connectivity index (χ2v) is 5.29. The molecule has 0 aromatic heterocycles. The number of rotatable bonds is 3. The Balaban J connectivity index is 2.11. The van der Waals surface area contributed by atoms with Crippen LogP contribution in [0.2, 0.25) is 0 Å². The summed E-state index contributed by atoms with van der Waals surface area (Å²) in [6, 6.07) is 11.4. The third-order valence-corrected chi connectivity index (χ3v) is 3.54. The number of anilines is 1. The van der Waals surface area contributed by atoms with E-state index in [-0.39, 0.29) is 5.82 Å². The fourth-order valence-electron chi connectivity index (χ4n) is 1.75. The van der Waals surface area contributed by atoms with Gasteiger partial charge in [-0.15, -0.1) is 0 Å². The molecule has 0 fully saturated rings. The van der Waals surface area contributed by atoms with Crippen LogP contribution in [-0.4, -0.2) is 0 Å². The topological polar surface area (TPSA) is 12.0 Å². The second-order valence-electron chi connectivity index (χ2n) is 4.43. The molecule has 0 radical (unpaired) electrons. The zero-order chi connectivity index (χ0) is 13.1. The van der Waals surface area contributed by atoms with Gasteiger partial charge in [-0.25, -0.2) is 4.39 Å². The summed E-state index contributed by atoms with van der Waals surface area (Å²) in [4.78, 5) is 0. The fraction of sp³-hybridized carbons (Fsp3) is 0.200. The molecule has 2 rings (SSSR count). The van der Waals surface area contributed by atoms with Crippen LogP contribution in [0.25, 0.3) is 0 Å². The van der Waals surface area contributed by atoms with Crippen LogP contribution in [0.15, 0.2) is 40.9 Å². The van der Waals surface area contributed by atoms with Gasteiger partial charge in [-0.3, -0.25) is 0 Å². The Kier molecular flexibility index (Phi) is 4.02. The first-order valence-electron chi connectivity index (χ1n) is 5.81. The first kappa shape index (κ1) is 13.1. The first-order chi connectivity index (χ1) is 8.56. The average molecular weight is 308 g/mol. The van der Waals surface area contributed by atoms with Gasteiger partial charge in [-0.2, -0.15) is 0 Å². The number of halogens is 2. The molecule has 0 aliphatic heterocycles. The Morgan fingerprint density at radius 3 is 2.39 bits per heavy atom. The Labute approximate surface area is 115 Å². The molecule has 1 N–H and O–H groups in total. The highest BCUT2D eigenvalue weighted by atomic mass is 79.9. The van der Waals surface area contributed by atoms with Crippen molar-refractivity contribution >= 4 is 21.6 Å². The lowest BCUT2D eigenvalue weighted by Gasteiger charge is -2.10. The smallest absolute Gasteiger partial charge is 0.146 e. The molecule has 1 nitrogen and oxygen atoms in total. The molecule has 0 aliphatic rings. The highest BCUT2D eigenvalue weighted by Crippen LogP contribution is 2.21. The third kappa shape index (κ3) is 3.10. The van der Waals surface area contributed by atoms with Crippen molar-refractivity contribution in [3.05, 3.63) is 63.4 Å². The van der Waals surface area contributed by atoms with E-state index in [9.17, 15) is 4.39 Å². The van der Waals surface area contributed by atoms with Crippen LogP contribution in [0.5, 0.6) is 0 Å². The minimum atomic E-state index is -0.210. The number of nitrogens with one attached hydrogen (secondary N) is 1. The van der Waals surface area contributed by atoms with Crippen LogP contribution in [0, 0.1) is 19.7 Å². The van der Waals surface area contributed by atoms with E-state index in [0.717, 1.165) is 15.6 Å². The van der Waals surface area contributed by atoms with E-state index >= 15 is 0 Å². The van der Waals surface area contributed by atoms with Gasteiger partial charge in [0.15, 0.2) is 0 Å². The summed E-state index contributed by atoms with van der Waals surface area (Å²) in [6.07, 6.45) is 0. The second kappa shape index (κ2) is 5.53. The molecule has 0 heterocycles. The summed E-state index contributed by atoms with van der Waals surface area (Å²) >= 11 is 3.52. The maximum absolute atomic E-state index is 13.6. The lowest BCUT2D eigenvalue weighted by Crippen LogP contribution is -2.02. The Morgan fingerprint density at radius 2 is 1.72 bits per heavy atom. The molecule has 18 heavy (non-hydrogen) atoms. The van der Waals surface area contributed by atoms with Crippen molar-refractivity contribution in [2.75, 3.05) is 5.32 Å². The van der Waals surface area contributed by atoms with E-state index in [1.54, 1.807) is 6.07 Å². The zero-order valence-corrected chi connectivity index (χ0v) is 12.0. The van der Waals surface area contributed by atoms with Gasteiger partial charge >= 0.3 is 0 Å². The molecule has 0 bridgehead atoms. The molecule has 2 aromatic rings. The lowest BCUT2D eigenvalue weighted by molar-refractivity contribution is 0.629. The van der Waals surface area contributed by atoms with Crippen molar-refractivity contribution in [2.45, 2.75) is 20.4 Å². The lowest BCUT2D eigenvalue weighted by atomic mass is 10.1. The predicted molar refractivity (Wildman–Crippen MR) is 77.3 cm³/mol. The van der Waals surface area contributed by atoms with E-state index < -0.39 is 0 Å². The number of benzene rings is 2. The highest BCUT2D eigenvalue weighted by Gasteiger charge is 2.04. The van der Waals surface area contributed by atoms with Gasteiger partial charge in [-0.05, 0) is 48.7 Å². The third-order valence-electron chi connectivity index (χ3n) is 2.80. The summed E-state index contributed by atoms with van der Waals surface area (Å²) in [7, 11) is 0. The van der Waals surface area contributed by atoms with Crippen molar-refractivity contribution in [2.24, 2.45) is 0 Å². The maximum Gasteiger partial charge on any atom is 0.146 e. The SMILES string of the molecule is Cc1ccc(NCc2ccc(C)cc2Br)c(F)c1. The van der Waals surface area contributed by atoms with Crippen molar-refractivity contribution in [3.8, 4) is 0 Å². The number of hydrogen-bond acceptors (Lipinski definition) is 1. The Hall–Kier alpha value is -1.35. The molecule has 0 saturated carbocycles. The van der Waals surface area contributed by atoms with Gasteiger partial charge in [-0.1, -0.05) is 34.1 Å². The van der Waals surface area contributed by atoms with Crippen molar-refractivity contribution in [1.29, 1.82) is 0 Å². The van der Waals surface area contributed by atoms with Crippen LogP contribution in [0.4, 0.5) is 10.1 Å². The number of aryl methyl sites for hydroxylation is 2. The van der Waals surface area contributed by atoms with E-state index in [2.05, 4.69) is 27.3 Å². The van der Waals surface area contributed by atoms with Crippen LogP contribution in [-0.2, 0) is 6.54 Å². The molecule has 0 amide bonds. The standard InChI is InChI=1S/C15H15BrFN/c1-10-3-5-12(13(16)7-10)9-18-15-6-4-11(2)8-14(15)17/h3-8,18H,9H2,1-2H3. The molecule has 3 heteroatoms. The van der Waals surface area contributed by atoms with E-state index in [0.29, 0.717) is 12.2 Å². The zero-order valence-electron chi connectivity index (χ0n) is 10.4. The van der Waals surface area contributed by atoms with E-state index in [1.807, 2.05) is 32.0 Å². The van der Waals surface area contributed by atoms with Crippen molar-refractivity contribution in [1.82, 2.24) is 0 Å². The van der Waals surface area contributed by atoms with Gasteiger partial charge in [0.2, 0.25) is 0 Å². The van der Waals surface area contributed by atoms with Gasteiger partial charge in [0, 0.05) is 11.0 Å². The largest absolute Gasteiger partial charge is 0.379 e. The Bertz CT molecular complexity index is 515. The molecule has 0 aliphatic carbocycles. The normalized spacial score (nSPS) is 10.4. The molecule has 0 spiro atoms. The average Bonchev–Trinajstić information content (AvgIpc) is 2.30. The number of hydrogen-bond donors (Lipinski definition) is 1. The highest BCUT2D eigenvalue weighted by molar-refractivity contribution is 9.10. The minimum absolute atomic E-state index is 0.210. The summed E-state index contributed by atoms with van der Waals surface area (Å²) in [5, 5.41) is 3.11. The summed E-state index contributed by atoms with van der Waals surface area (Å²) in [5.41, 5.74) is 3.77. The Morgan fingerprint density at radius 1 is 1.06 bits per heavy atom. The van der Waals surface area contributed by atoms with Crippen LogP contribution >= 0.6 is 15.9 Å². The maximum atomic E-state index is 13.6. The molecule has 2 aromatic carbocycles. The van der Waals surface area contributed by atoms with Crippen molar-refractivity contribution in [3.63, 3.8) is 0 Å². The first-order valence-corrected chi connectivity index (χ1v) is 6.60. The van der Waals surface area contributed by atoms with Gasteiger partial charge < -0.3 is 5.32 Å². The molecule has 0 saturated heterocycles. The van der Waals surface area contributed by atoms with Gasteiger partial charge in [0.05, 0.1) is 5.69 Å². The van der Waals surface area contributed by atoms with Crippen LogP contribution in [0.1, 0.15) is 16.7 Å². The monoisotopic (exact) mass is 307 g/mol. The molecule has 0 unspecified atom stereocenters. The van der Waals surface area contributed by atoms with Gasteiger partial charge in [0.1, 0.15) is 5.82 Å². The molecule has 0 atom stereocenters. The predicted octanol–water partition coefficient (Wildman–Crippen LogP) is 4.82. The van der Waals surface area contributed by atoms with E-state index in [4.69, 9.17) is 0 Å². The molecular weight excluding hydrogens is 293 g/mol. The summed E-state index contributed by atoms with van der Waals surface area (Å²) < 4.78 is 14.7. The minimum Gasteiger partial charge on any atom is -0.379 e. The quantitative estimate of drug-likeness (QED) is 0.857. The van der Waals surface area contributed by atoms with Crippen molar-refractivity contribution < 1.29 is 4.39 Å². The summed E-state index contributed by atoms with van der Waals surface area (Å²) in [6.45, 7) is 4.52. The summed E-state index contributed by atoms with van der Waals surface area (Å²) in [5.74, 6) is -0.210.